The molecule has 0 spiro atoms. The van der Waals surface area contributed by atoms with E-state index in [1.54, 1.807) is 6.20 Å². The van der Waals surface area contributed by atoms with E-state index in [-0.39, 0.29) is 0 Å². The van der Waals surface area contributed by atoms with E-state index in [2.05, 4.69) is 30.8 Å². The Morgan fingerprint density at radius 3 is 2.77 bits per heavy atom. The van der Waals surface area contributed by atoms with Gasteiger partial charge in [-0.15, -0.1) is 0 Å². The third-order valence-electron chi connectivity index (χ3n) is 1.53. The normalized spacial score (nSPS) is 10.8. The van der Waals surface area contributed by atoms with Gasteiger partial charge in [0.05, 0.1) is 4.47 Å². The second-order valence-corrected chi connectivity index (χ2v) is 4.19. The van der Waals surface area contributed by atoms with E-state index in [0.29, 0.717) is 5.15 Å². The first-order valence-electron chi connectivity index (χ1n) is 3.91. The summed E-state index contributed by atoms with van der Waals surface area (Å²) in [7, 11) is 4.03. The van der Waals surface area contributed by atoms with Gasteiger partial charge in [-0.3, -0.25) is 0 Å². The van der Waals surface area contributed by atoms with Crippen LogP contribution in [0.2, 0.25) is 5.15 Å². The maximum atomic E-state index is 5.82. The molecule has 1 aromatic rings. The van der Waals surface area contributed by atoms with Crippen LogP contribution in [0.1, 0.15) is 5.82 Å². The molecule has 1 rings (SSSR count). The quantitative estimate of drug-likeness (QED) is 0.782. The second-order valence-electron chi connectivity index (χ2n) is 2.98. The fourth-order valence-electron chi connectivity index (χ4n) is 0.824. The summed E-state index contributed by atoms with van der Waals surface area (Å²) in [6, 6.07) is 0. The van der Waals surface area contributed by atoms with Crippen molar-refractivity contribution in [3.05, 3.63) is 21.6 Å². The van der Waals surface area contributed by atoms with Gasteiger partial charge < -0.3 is 4.90 Å². The summed E-state index contributed by atoms with van der Waals surface area (Å²) in [6.45, 7) is 0.929. The minimum absolute atomic E-state index is 0.476. The van der Waals surface area contributed by atoms with Crippen molar-refractivity contribution in [3.8, 4) is 0 Å². The van der Waals surface area contributed by atoms with Gasteiger partial charge >= 0.3 is 0 Å². The van der Waals surface area contributed by atoms with Gasteiger partial charge in [-0.1, -0.05) is 11.6 Å². The maximum Gasteiger partial charge on any atom is 0.146 e. The molecule has 0 radical (unpaired) electrons. The number of hydrogen-bond acceptors (Lipinski definition) is 3. The number of hydrogen-bond donors (Lipinski definition) is 0. The molecule has 0 saturated carbocycles. The molecule has 0 aliphatic carbocycles. The van der Waals surface area contributed by atoms with Gasteiger partial charge in [0.25, 0.3) is 0 Å². The average molecular weight is 265 g/mol. The summed E-state index contributed by atoms with van der Waals surface area (Å²) >= 11 is 9.06. The Kier molecular flexibility index (Phi) is 4.09. The minimum Gasteiger partial charge on any atom is -0.309 e. The first-order valence-corrected chi connectivity index (χ1v) is 5.08. The topological polar surface area (TPSA) is 29.0 Å². The molecule has 5 heteroatoms. The number of likely N-dealkylation sites (N-methyl/N-ethyl adjacent to an activating group) is 1. The molecule has 1 heterocycles. The van der Waals surface area contributed by atoms with Crippen LogP contribution in [0, 0.1) is 0 Å². The van der Waals surface area contributed by atoms with E-state index in [0.717, 1.165) is 23.3 Å². The van der Waals surface area contributed by atoms with Crippen molar-refractivity contribution < 1.29 is 0 Å². The average Bonchev–Trinajstić information content (AvgIpc) is 2.07. The molecule has 72 valence electrons. The Hall–Kier alpha value is -0.190. The third-order valence-corrected chi connectivity index (χ3v) is 2.63. The molecule has 0 unspecified atom stereocenters. The molecular formula is C8H11BrClN3. The molecule has 0 amide bonds. The van der Waals surface area contributed by atoms with Crippen molar-refractivity contribution in [1.29, 1.82) is 0 Å². The molecule has 1 aromatic heterocycles. The molecule has 13 heavy (non-hydrogen) atoms. The lowest BCUT2D eigenvalue weighted by Gasteiger charge is -2.07. The monoisotopic (exact) mass is 263 g/mol. The van der Waals surface area contributed by atoms with Crippen molar-refractivity contribution >= 4 is 27.5 Å². The van der Waals surface area contributed by atoms with E-state index in [9.17, 15) is 0 Å². The van der Waals surface area contributed by atoms with Crippen molar-refractivity contribution in [2.75, 3.05) is 20.6 Å². The fourth-order valence-corrected chi connectivity index (χ4v) is 1.16. The van der Waals surface area contributed by atoms with Gasteiger partial charge in [0.2, 0.25) is 0 Å². The second kappa shape index (κ2) is 4.88. The van der Waals surface area contributed by atoms with Crippen LogP contribution in [0.15, 0.2) is 10.7 Å². The van der Waals surface area contributed by atoms with Gasteiger partial charge in [0, 0.05) is 19.2 Å². The summed E-state index contributed by atoms with van der Waals surface area (Å²) in [5.74, 6) is 0.780. The molecule has 3 nitrogen and oxygen atoms in total. The van der Waals surface area contributed by atoms with Crippen LogP contribution in [0.25, 0.3) is 0 Å². The molecule has 0 aliphatic heterocycles. The zero-order valence-electron chi connectivity index (χ0n) is 7.59. The van der Waals surface area contributed by atoms with Gasteiger partial charge in [-0.2, -0.15) is 0 Å². The van der Waals surface area contributed by atoms with Gasteiger partial charge in [-0.25, -0.2) is 9.97 Å². The van der Waals surface area contributed by atoms with E-state index in [1.165, 1.54) is 0 Å². The summed E-state index contributed by atoms with van der Waals surface area (Å²) in [6.07, 6.45) is 2.50. The number of aromatic nitrogens is 2. The lowest BCUT2D eigenvalue weighted by Crippen LogP contribution is -2.16. The number of halogens is 2. The van der Waals surface area contributed by atoms with Crippen LogP contribution < -0.4 is 0 Å². The summed E-state index contributed by atoms with van der Waals surface area (Å²) in [5.41, 5.74) is 0. The van der Waals surface area contributed by atoms with E-state index in [1.807, 2.05) is 14.1 Å². The summed E-state index contributed by atoms with van der Waals surface area (Å²) in [5, 5.41) is 0.476. The molecule has 0 aromatic carbocycles. The molecule has 0 aliphatic rings. The maximum absolute atomic E-state index is 5.82. The smallest absolute Gasteiger partial charge is 0.146 e. The van der Waals surface area contributed by atoms with E-state index >= 15 is 0 Å². The fraction of sp³-hybridized carbons (Fsp3) is 0.500. The largest absolute Gasteiger partial charge is 0.309 e. The highest BCUT2D eigenvalue weighted by Crippen LogP contribution is 2.18. The highest BCUT2D eigenvalue weighted by Gasteiger charge is 2.02. The van der Waals surface area contributed by atoms with Crippen molar-refractivity contribution in [1.82, 2.24) is 14.9 Å². The Balaban J connectivity index is 2.63. The molecular weight excluding hydrogens is 253 g/mol. The van der Waals surface area contributed by atoms with Crippen molar-refractivity contribution in [2.45, 2.75) is 6.42 Å². The standard InChI is InChI=1S/C8H11BrClN3/c1-13(2)4-3-7-11-5-6(9)8(10)12-7/h5H,3-4H2,1-2H3. The molecule has 0 atom stereocenters. The van der Waals surface area contributed by atoms with Crippen LogP contribution in [0.3, 0.4) is 0 Å². The molecule has 0 saturated heterocycles. The van der Waals surface area contributed by atoms with Crippen LogP contribution in [-0.2, 0) is 6.42 Å². The highest BCUT2D eigenvalue weighted by molar-refractivity contribution is 9.10. The molecule has 0 bridgehead atoms. The lowest BCUT2D eigenvalue weighted by molar-refractivity contribution is 0.409. The predicted octanol–water partition coefficient (Wildman–Crippen LogP) is 2.00. The number of rotatable bonds is 3. The first kappa shape index (κ1) is 10.9. The molecule has 0 fully saturated rings. The Labute approximate surface area is 91.3 Å². The van der Waals surface area contributed by atoms with Gasteiger partial charge in [0.15, 0.2) is 0 Å². The lowest BCUT2D eigenvalue weighted by atomic mass is 10.4. The number of nitrogens with zero attached hydrogens (tertiary/aromatic N) is 3. The Bertz CT molecular complexity index is 291. The SMILES string of the molecule is CN(C)CCc1ncc(Br)c(Cl)n1. The first-order chi connectivity index (χ1) is 6.09. The zero-order chi connectivity index (χ0) is 9.84. The zero-order valence-corrected chi connectivity index (χ0v) is 9.93. The van der Waals surface area contributed by atoms with Crippen molar-refractivity contribution in [3.63, 3.8) is 0 Å². The van der Waals surface area contributed by atoms with Crippen LogP contribution in [0.5, 0.6) is 0 Å². The van der Waals surface area contributed by atoms with Crippen LogP contribution >= 0.6 is 27.5 Å². The van der Waals surface area contributed by atoms with Gasteiger partial charge in [0.1, 0.15) is 11.0 Å². The van der Waals surface area contributed by atoms with Crippen LogP contribution in [0.4, 0.5) is 0 Å². The summed E-state index contributed by atoms with van der Waals surface area (Å²) in [4.78, 5) is 10.4. The van der Waals surface area contributed by atoms with E-state index in [4.69, 9.17) is 11.6 Å². The third kappa shape index (κ3) is 3.58. The summed E-state index contributed by atoms with van der Waals surface area (Å²) < 4.78 is 0.739. The van der Waals surface area contributed by atoms with Gasteiger partial charge in [-0.05, 0) is 30.0 Å². The Morgan fingerprint density at radius 1 is 1.54 bits per heavy atom. The van der Waals surface area contributed by atoms with E-state index < -0.39 is 0 Å². The highest BCUT2D eigenvalue weighted by atomic mass is 79.9. The Morgan fingerprint density at radius 2 is 2.23 bits per heavy atom. The molecule has 0 N–H and O–H groups in total. The van der Waals surface area contributed by atoms with Crippen molar-refractivity contribution in [2.24, 2.45) is 0 Å². The minimum atomic E-state index is 0.476. The predicted molar refractivity (Wildman–Crippen MR) is 57.0 cm³/mol. The van der Waals surface area contributed by atoms with Crippen LogP contribution in [-0.4, -0.2) is 35.5 Å².